The third-order valence-electron chi connectivity index (χ3n) is 15.9. The first-order valence-corrected chi connectivity index (χ1v) is 30.8. The second kappa shape index (κ2) is 35.2. The molecule has 17 heteroatoms. The summed E-state index contributed by atoms with van der Waals surface area (Å²) in [5, 5.41) is 22.6. The summed E-state index contributed by atoms with van der Waals surface area (Å²) in [6, 6.07) is 51.1. The predicted molar refractivity (Wildman–Crippen MR) is 349 cm³/mol. The van der Waals surface area contributed by atoms with Crippen LogP contribution in [0.3, 0.4) is 0 Å². The van der Waals surface area contributed by atoms with E-state index in [1.54, 1.807) is 55.9 Å². The maximum atomic E-state index is 12.9. The van der Waals surface area contributed by atoms with Crippen LogP contribution in [0.4, 0.5) is 0 Å². The number of methoxy groups -OCH3 is 3. The van der Waals surface area contributed by atoms with Crippen molar-refractivity contribution in [2.45, 2.75) is 130 Å². The molecular weight excluding hydrogens is 1160 g/mol. The normalized spacial score (nSPS) is 19.1. The summed E-state index contributed by atoms with van der Waals surface area (Å²) in [5.41, 5.74) is 4.31. The van der Waals surface area contributed by atoms with Crippen molar-refractivity contribution in [3.05, 3.63) is 197 Å². The minimum atomic E-state index is -0.772. The van der Waals surface area contributed by atoms with Gasteiger partial charge in [0.15, 0.2) is 17.3 Å². The molecule has 0 bridgehead atoms. The van der Waals surface area contributed by atoms with E-state index in [4.69, 9.17) is 38.6 Å². The number of carbonyl (C=O) groups excluding carboxylic acids is 5. The lowest BCUT2D eigenvalue weighted by Crippen LogP contribution is -2.49. The number of carbonyl (C=O) groups is 7. The molecule has 3 heterocycles. The number of hydrogen-bond donors (Lipinski definition) is 4. The van der Waals surface area contributed by atoms with Gasteiger partial charge in [0, 0.05) is 17.8 Å². The predicted octanol–water partition coefficient (Wildman–Crippen LogP) is 10.8. The largest absolute Gasteiger partial charge is 0.497 e. The molecule has 0 aliphatic carbocycles. The van der Waals surface area contributed by atoms with Gasteiger partial charge in [0.1, 0.15) is 34.1 Å². The smallest absolute Gasteiger partial charge is 0.306 e. The van der Waals surface area contributed by atoms with Crippen molar-refractivity contribution >= 4 is 41.1 Å². The van der Waals surface area contributed by atoms with E-state index in [1.807, 2.05) is 179 Å². The van der Waals surface area contributed by atoms with E-state index in [0.717, 1.165) is 51.5 Å². The van der Waals surface area contributed by atoms with Gasteiger partial charge in [0.05, 0.1) is 65.1 Å². The van der Waals surface area contributed by atoms with E-state index in [1.165, 1.54) is 5.56 Å². The molecular formula is C74H92N2O15. The van der Waals surface area contributed by atoms with Crippen LogP contribution in [-0.2, 0) is 86.3 Å². The van der Waals surface area contributed by atoms with Gasteiger partial charge in [-0.15, -0.1) is 0 Å². The molecule has 9 rings (SSSR count). The molecule has 6 aromatic rings. The highest BCUT2D eigenvalue weighted by Gasteiger charge is 2.51. The number of nitrogens with one attached hydrogen (secondary N) is 2. The Hall–Kier alpha value is -8.51. The van der Waals surface area contributed by atoms with Gasteiger partial charge in [0.2, 0.25) is 11.8 Å². The molecule has 9 atom stereocenters. The third kappa shape index (κ3) is 24.7. The van der Waals surface area contributed by atoms with Crippen molar-refractivity contribution in [3.63, 3.8) is 0 Å². The van der Waals surface area contributed by atoms with Crippen LogP contribution in [0.25, 0.3) is 0 Å². The Balaban J connectivity index is 0.000000222. The van der Waals surface area contributed by atoms with E-state index >= 15 is 0 Å². The highest BCUT2D eigenvalue weighted by atomic mass is 16.6. The van der Waals surface area contributed by atoms with Gasteiger partial charge in [-0.25, -0.2) is 0 Å². The highest BCUT2D eigenvalue weighted by molar-refractivity contribution is 5.98. The van der Waals surface area contributed by atoms with E-state index < -0.39 is 40.8 Å². The van der Waals surface area contributed by atoms with Crippen LogP contribution < -0.4 is 24.8 Å². The topological polar surface area (TPSA) is 249 Å². The number of carboxylic acid groups (broad SMARTS) is 2. The Bertz CT molecular complexity index is 3110. The molecule has 0 spiro atoms. The van der Waals surface area contributed by atoms with Gasteiger partial charge < -0.3 is 49.3 Å². The molecule has 3 fully saturated rings. The number of amides is 2. The first kappa shape index (κ1) is 73.2. The van der Waals surface area contributed by atoms with Crippen molar-refractivity contribution < 1.29 is 72.2 Å². The minimum absolute atomic E-state index is 0.0416. The molecule has 0 saturated carbocycles. The number of benzene rings is 6. The lowest BCUT2D eigenvalue weighted by atomic mass is 9.90. The Morgan fingerprint density at radius 1 is 0.374 bits per heavy atom. The molecule has 6 aromatic carbocycles. The van der Waals surface area contributed by atoms with Gasteiger partial charge in [0.25, 0.3) is 0 Å². The highest BCUT2D eigenvalue weighted by Crippen LogP contribution is 2.32. The summed E-state index contributed by atoms with van der Waals surface area (Å²) < 4.78 is 31.2. The first-order chi connectivity index (χ1) is 43.2. The lowest BCUT2D eigenvalue weighted by molar-refractivity contribution is -0.141. The molecule has 91 heavy (non-hydrogen) atoms. The van der Waals surface area contributed by atoms with Crippen LogP contribution in [0.5, 0.6) is 17.2 Å². The number of hydrogen-bond acceptors (Lipinski definition) is 13. The van der Waals surface area contributed by atoms with Crippen molar-refractivity contribution in [1.82, 2.24) is 10.6 Å². The van der Waals surface area contributed by atoms with Gasteiger partial charge >= 0.3 is 11.9 Å². The molecule has 2 amide bonds. The maximum Gasteiger partial charge on any atom is 0.306 e. The van der Waals surface area contributed by atoms with Crippen LogP contribution in [0.15, 0.2) is 164 Å². The standard InChI is InChI=1S/2C23H27NO4.C13H16O2.C11H14O3.C4H8O2/c2*1-16(13-18-9-11-19(27-3)12-10-18)22(26)24-20(21(25)23(2)15-28-23)14-17-7-5-4-6-8-17;1-10(12(14)13(2)9-15-13)8-11-6-4-3-5-7-11;1-8(11(12)13)7-9-3-5-10(14-2)6-4-9;1-3(2)4(5)6/h2*4-12,16,20H,13-15H2,1-3H3,(H,24,26);3-7,10H,8-9H2,1-2H3;3-6,8H,7H2,1-2H3,(H,12,13);3H,1-2H3,(H,5,6)/t2*16-,20-,23+;10-,13+;8-;/m0000./s1. The fraction of sp³-hybridized carbons (Fsp3) is 0.419. The van der Waals surface area contributed by atoms with E-state index in [-0.39, 0.29) is 58.8 Å². The number of Topliss-reactive ketones (excluding diaryl/α,β-unsaturated/α-hetero) is 3. The zero-order valence-electron chi connectivity index (χ0n) is 54.7. The van der Waals surface area contributed by atoms with Crippen molar-refractivity contribution in [1.29, 1.82) is 0 Å². The van der Waals surface area contributed by atoms with E-state index in [2.05, 4.69) is 22.8 Å². The summed E-state index contributed by atoms with van der Waals surface area (Å²) in [7, 11) is 4.85. The van der Waals surface area contributed by atoms with Gasteiger partial charge in [-0.3, -0.25) is 33.6 Å². The summed E-state index contributed by atoms with van der Waals surface area (Å²) in [5.74, 6) is -0.363. The van der Waals surface area contributed by atoms with Gasteiger partial charge in [-0.2, -0.15) is 0 Å². The Kier molecular flexibility index (Phi) is 28.3. The average molecular weight is 1250 g/mol. The SMILES string of the molecule is CC(C)C(=O)O.COc1ccc(C[C@H](C)C(=O)N[C@@H](Cc2ccccc2)C(=O)[C@@]2(C)CO2)cc1.COc1ccc(C[C@H](C)C(=O)N[C@@H](Cc2ccccc2)C(=O)[C@@]2(C)CO2)cc1.COc1ccc(C[C@H](C)C(=O)O)cc1.C[C@@H](Cc1ccccc1)C(=O)[C@@]1(C)CO1. The molecule has 0 aromatic heterocycles. The molecule has 3 saturated heterocycles. The molecule has 3 aliphatic heterocycles. The van der Waals surface area contributed by atoms with Crippen LogP contribution in [0.1, 0.15) is 95.7 Å². The summed E-state index contributed by atoms with van der Waals surface area (Å²) in [6.07, 6.45) is 3.46. The fourth-order valence-corrected chi connectivity index (χ4v) is 9.43. The summed E-state index contributed by atoms with van der Waals surface area (Å²) in [4.78, 5) is 83.5. The molecule has 17 nitrogen and oxygen atoms in total. The number of carboxylic acids is 2. The van der Waals surface area contributed by atoms with E-state index in [9.17, 15) is 33.6 Å². The van der Waals surface area contributed by atoms with Crippen LogP contribution in [0.2, 0.25) is 0 Å². The Morgan fingerprint density at radius 2 is 0.615 bits per heavy atom. The van der Waals surface area contributed by atoms with Crippen molar-refractivity contribution in [2.75, 3.05) is 41.2 Å². The molecule has 0 radical (unpaired) electrons. The number of aliphatic carboxylic acids is 2. The lowest BCUT2D eigenvalue weighted by Gasteiger charge is -2.22. The van der Waals surface area contributed by atoms with E-state index in [0.29, 0.717) is 51.9 Å². The quantitative estimate of drug-likeness (QED) is 0.0350. The number of epoxide rings is 3. The Morgan fingerprint density at radius 3 is 0.868 bits per heavy atom. The van der Waals surface area contributed by atoms with Gasteiger partial charge in [-0.05, 0) is 129 Å². The van der Waals surface area contributed by atoms with Crippen LogP contribution in [-0.4, -0.2) is 121 Å². The first-order valence-electron chi connectivity index (χ1n) is 30.8. The molecule has 3 aliphatic rings. The maximum absolute atomic E-state index is 12.9. The van der Waals surface area contributed by atoms with Crippen molar-refractivity contribution in [3.8, 4) is 17.2 Å². The molecule has 488 valence electrons. The second-order valence-electron chi connectivity index (χ2n) is 24.4. The van der Waals surface area contributed by atoms with Crippen LogP contribution in [0, 0.1) is 29.6 Å². The monoisotopic (exact) mass is 1250 g/mol. The molecule has 4 N–H and O–H groups in total. The van der Waals surface area contributed by atoms with Crippen LogP contribution >= 0.6 is 0 Å². The third-order valence-corrected chi connectivity index (χ3v) is 15.9. The molecule has 0 unspecified atom stereocenters. The Labute approximate surface area is 536 Å². The second-order valence-corrected chi connectivity index (χ2v) is 24.4. The summed E-state index contributed by atoms with van der Waals surface area (Å²) in [6.45, 7) is 17.5. The zero-order valence-corrected chi connectivity index (χ0v) is 54.7. The summed E-state index contributed by atoms with van der Waals surface area (Å²) >= 11 is 0. The fourth-order valence-electron chi connectivity index (χ4n) is 9.43. The van der Waals surface area contributed by atoms with Gasteiger partial charge in [-0.1, -0.05) is 169 Å². The average Bonchev–Trinajstić information content (AvgIpc) is 1.74. The number of rotatable bonds is 27. The number of ketones is 3. The van der Waals surface area contributed by atoms with Crippen molar-refractivity contribution in [2.24, 2.45) is 29.6 Å². The zero-order chi connectivity index (χ0) is 66.9. The minimum Gasteiger partial charge on any atom is -0.497 e. The number of ether oxygens (including phenoxy) is 6.